The summed E-state index contributed by atoms with van der Waals surface area (Å²) in [4.78, 5) is 22.3. The first-order valence-electron chi connectivity index (χ1n) is 5.19. The Morgan fingerprint density at radius 2 is 2.11 bits per heavy atom. The van der Waals surface area contributed by atoms with Crippen LogP contribution in [-0.4, -0.2) is 18.6 Å². The zero-order valence-corrected chi connectivity index (χ0v) is 10.4. The highest BCUT2D eigenvalue weighted by atomic mass is 35.5. The predicted molar refractivity (Wildman–Crippen MR) is 63.4 cm³/mol. The van der Waals surface area contributed by atoms with Crippen molar-refractivity contribution in [2.75, 3.05) is 6.61 Å². The lowest BCUT2D eigenvalue weighted by Gasteiger charge is -2.08. The molecule has 1 rings (SSSR count). The molecule has 0 aliphatic rings. The summed E-state index contributed by atoms with van der Waals surface area (Å²) in [6.45, 7) is 1.81. The van der Waals surface area contributed by atoms with Crippen LogP contribution in [0.15, 0.2) is 18.2 Å². The largest absolute Gasteiger partial charge is 0.449 e. The van der Waals surface area contributed by atoms with Crippen LogP contribution < -0.4 is 10.9 Å². The summed E-state index contributed by atoms with van der Waals surface area (Å²) in [5.74, 6) is -1.18. The Morgan fingerprint density at radius 3 is 2.72 bits per heavy atom. The van der Waals surface area contributed by atoms with Crippen molar-refractivity contribution in [3.05, 3.63) is 34.6 Å². The van der Waals surface area contributed by atoms with Gasteiger partial charge in [-0.05, 0) is 19.1 Å². The first-order valence-corrected chi connectivity index (χ1v) is 5.57. The van der Waals surface area contributed by atoms with Gasteiger partial charge in [-0.2, -0.15) is 0 Å². The number of hydrogen-bond donors (Lipinski definition) is 2. The number of hydrogen-bond acceptors (Lipinski definition) is 3. The van der Waals surface area contributed by atoms with E-state index in [1.54, 1.807) is 6.92 Å². The third kappa shape index (κ3) is 4.21. The summed E-state index contributed by atoms with van der Waals surface area (Å²) in [5.41, 5.74) is 4.17. The molecule has 7 heteroatoms. The van der Waals surface area contributed by atoms with E-state index >= 15 is 0 Å². The zero-order chi connectivity index (χ0) is 13.5. The van der Waals surface area contributed by atoms with E-state index in [0.29, 0.717) is 0 Å². The van der Waals surface area contributed by atoms with Crippen molar-refractivity contribution in [3.63, 3.8) is 0 Å². The molecule has 0 spiro atoms. The average molecular weight is 275 g/mol. The molecule has 18 heavy (non-hydrogen) atoms. The lowest BCUT2D eigenvalue weighted by atomic mass is 10.1. The SMILES string of the molecule is CCOC(=O)NNC(=O)Cc1c(F)cccc1Cl. The molecule has 98 valence electrons. The molecule has 0 bridgehead atoms. The topological polar surface area (TPSA) is 67.4 Å². The molecule has 1 aromatic rings. The van der Waals surface area contributed by atoms with Gasteiger partial charge in [-0.15, -0.1) is 0 Å². The molecular formula is C11H12ClFN2O3. The van der Waals surface area contributed by atoms with Crippen molar-refractivity contribution in [2.45, 2.75) is 13.3 Å². The summed E-state index contributed by atoms with van der Waals surface area (Å²) >= 11 is 5.75. The van der Waals surface area contributed by atoms with Crippen LogP contribution in [0.3, 0.4) is 0 Å². The van der Waals surface area contributed by atoms with Gasteiger partial charge < -0.3 is 4.74 Å². The first-order chi connectivity index (χ1) is 8.54. The van der Waals surface area contributed by atoms with E-state index in [0.717, 1.165) is 0 Å². The van der Waals surface area contributed by atoms with Gasteiger partial charge >= 0.3 is 6.09 Å². The molecular weight excluding hydrogens is 263 g/mol. The van der Waals surface area contributed by atoms with Crippen molar-refractivity contribution in [2.24, 2.45) is 0 Å². The van der Waals surface area contributed by atoms with Crippen LogP contribution in [0.1, 0.15) is 12.5 Å². The Kier molecular flexibility index (Phi) is 5.38. The minimum atomic E-state index is -0.787. The second-order valence-electron chi connectivity index (χ2n) is 3.27. The van der Waals surface area contributed by atoms with Gasteiger partial charge in [0.25, 0.3) is 0 Å². The van der Waals surface area contributed by atoms with Crippen LogP contribution in [-0.2, 0) is 16.0 Å². The molecule has 0 heterocycles. The molecule has 0 fully saturated rings. The van der Waals surface area contributed by atoms with Crippen molar-refractivity contribution >= 4 is 23.6 Å². The van der Waals surface area contributed by atoms with Crippen LogP contribution in [0.4, 0.5) is 9.18 Å². The van der Waals surface area contributed by atoms with Crippen LogP contribution in [0, 0.1) is 5.82 Å². The van der Waals surface area contributed by atoms with Crippen molar-refractivity contribution in [3.8, 4) is 0 Å². The Morgan fingerprint density at radius 1 is 1.39 bits per heavy atom. The van der Waals surface area contributed by atoms with E-state index < -0.39 is 17.8 Å². The Bertz CT molecular complexity index is 434. The Balaban J connectivity index is 2.52. The number of carbonyl (C=O) groups excluding carboxylic acids is 2. The standard InChI is InChI=1S/C11H12ClFN2O3/c1-2-18-11(17)15-14-10(16)6-7-8(12)4-3-5-9(7)13/h3-5H,2,6H2,1H3,(H,14,16)(H,15,17). The monoisotopic (exact) mass is 274 g/mol. The van der Waals surface area contributed by atoms with E-state index in [-0.39, 0.29) is 23.6 Å². The molecule has 0 atom stereocenters. The van der Waals surface area contributed by atoms with Crippen LogP contribution >= 0.6 is 11.6 Å². The van der Waals surface area contributed by atoms with Gasteiger partial charge in [0.05, 0.1) is 13.0 Å². The van der Waals surface area contributed by atoms with Gasteiger partial charge in [0.15, 0.2) is 0 Å². The molecule has 0 unspecified atom stereocenters. The normalized spacial score (nSPS) is 9.72. The van der Waals surface area contributed by atoms with E-state index in [9.17, 15) is 14.0 Å². The molecule has 0 radical (unpaired) electrons. The molecule has 0 saturated heterocycles. The number of ether oxygens (including phenoxy) is 1. The van der Waals surface area contributed by atoms with Gasteiger partial charge in [-0.25, -0.2) is 14.6 Å². The maximum atomic E-state index is 13.4. The number of hydrazine groups is 1. The van der Waals surface area contributed by atoms with Gasteiger partial charge in [0.2, 0.25) is 5.91 Å². The quantitative estimate of drug-likeness (QED) is 0.826. The minimum absolute atomic E-state index is 0.0716. The maximum absolute atomic E-state index is 13.4. The van der Waals surface area contributed by atoms with E-state index in [1.807, 2.05) is 5.43 Å². The summed E-state index contributed by atoms with van der Waals surface area (Å²) in [7, 11) is 0. The Labute approximate surface area is 108 Å². The fourth-order valence-corrected chi connectivity index (χ4v) is 1.42. The van der Waals surface area contributed by atoms with Gasteiger partial charge in [-0.3, -0.25) is 10.2 Å². The number of rotatable bonds is 3. The van der Waals surface area contributed by atoms with Crippen LogP contribution in [0.25, 0.3) is 0 Å². The van der Waals surface area contributed by atoms with Crippen LogP contribution in [0.2, 0.25) is 5.02 Å². The highest BCUT2D eigenvalue weighted by Gasteiger charge is 2.12. The summed E-state index contributed by atoms with van der Waals surface area (Å²) in [5, 5.41) is 0.154. The van der Waals surface area contributed by atoms with E-state index in [1.165, 1.54) is 18.2 Å². The van der Waals surface area contributed by atoms with E-state index in [2.05, 4.69) is 10.2 Å². The molecule has 0 aromatic heterocycles. The van der Waals surface area contributed by atoms with Crippen molar-refractivity contribution in [1.29, 1.82) is 0 Å². The number of carbonyl (C=O) groups is 2. The predicted octanol–water partition coefficient (Wildman–Crippen LogP) is 1.80. The number of nitrogens with one attached hydrogen (secondary N) is 2. The lowest BCUT2D eigenvalue weighted by Crippen LogP contribution is -2.42. The van der Waals surface area contributed by atoms with Crippen molar-refractivity contribution < 1.29 is 18.7 Å². The maximum Gasteiger partial charge on any atom is 0.426 e. The molecule has 0 aliphatic heterocycles. The third-order valence-corrected chi connectivity index (χ3v) is 2.33. The lowest BCUT2D eigenvalue weighted by molar-refractivity contribution is -0.121. The average Bonchev–Trinajstić information content (AvgIpc) is 2.32. The highest BCUT2D eigenvalue weighted by molar-refractivity contribution is 6.31. The van der Waals surface area contributed by atoms with Crippen molar-refractivity contribution in [1.82, 2.24) is 10.9 Å². The second-order valence-corrected chi connectivity index (χ2v) is 3.68. The van der Waals surface area contributed by atoms with Crippen LogP contribution in [0.5, 0.6) is 0 Å². The fourth-order valence-electron chi connectivity index (χ4n) is 1.19. The van der Waals surface area contributed by atoms with E-state index in [4.69, 9.17) is 11.6 Å². The molecule has 2 N–H and O–H groups in total. The van der Waals surface area contributed by atoms with Gasteiger partial charge in [0.1, 0.15) is 5.82 Å². The fraction of sp³-hybridized carbons (Fsp3) is 0.273. The summed E-state index contributed by atoms with van der Waals surface area (Å²) in [6, 6.07) is 4.12. The molecule has 5 nitrogen and oxygen atoms in total. The number of amides is 2. The van der Waals surface area contributed by atoms with Gasteiger partial charge in [-0.1, -0.05) is 17.7 Å². The second kappa shape index (κ2) is 6.80. The van der Waals surface area contributed by atoms with Gasteiger partial charge in [0, 0.05) is 10.6 Å². The Hall–Kier alpha value is -1.82. The molecule has 1 aromatic carbocycles. The number of benzene rings is 1. The number of halogens is 2. The minimum Gasteiger partial charge on any atom is -0.449 e. The first kappa shape index (κ1) is 14.2. The smallest absolute Gasteiger partial charge is 0.426 e. The zero-order valence-electron chi connectivity index (χ0n) is 9.63. The molecule has 2 amide bonds. The highest BCUT2D eigenvalue weighted by Crippen LogP contribution is 2.19. The summed E-state index contributed by atoms with van der Waals surface area (Å²) in [6.07, 6.45) is -1.07. The summed E-state index contributed by atoms with van der Waals surface area (Å²) < 4.78 is 17.9. The molecule has 0 aliphatic carbocycles. The molecule has 0 saturated carbocycles. The third-order valence-electron chi connectivity index (χ3n) is 1.98.